The van der Waals surface area contributed by atoms with Gasteiger partial charge in [0.25, 0.3) is 5.91 Å². The van der Waals surface area contributed by atoms with Crippen LogP contribution >= 0.6 is 0 Å². The van der Waals surface area contributed by atoms with Crippen LogP contribution in [0.4, 0.5) is 18.9 Å². The lowest BCUT2D eigenvalue weighted by atomic mass is 10.1. The Hall–Kier alpha value is -2.83. The molecule has 0 unspecified atom stereocenters. The quantitative estimate of drug-likeness (QED) is 0.676. The summed E-state index contributed by atoms with van der Waals surface area (Å²) in [6.45, 7) is 2.01. The van der Waals surface area contributed by atoms with Gasteiger partial charge >= 0.3 is 0 Å². The number of aldehydes is 1. The first-order valence-electron chi connectivity index (χ1n) is 6.64. The number of ether oxygens (including phenoxy) is 1. The summed E-state index contributed by atoms with van der Waals surface area (Å²) in [4.78, 5) is 22.9. The lowest BCUT2D eigenvalue weighted by Gasteiger charge is -2.12. The highest BCUT2D eigenvalue weighted by atomic mass is 19.2. The molecule has 0 aliphatic carbocycles. The van der Waals surface area contributed by atoms with Gasteiger partial charge in [0.05, 0.1) is 17.9 Å². The highest BCUT2D eigenvalue weighted by Crippen LogP contribution is 2.26. The summed E-state index contributed by atoms with van der Waals surface area (Å²) in [6, 6.07) is 5.75. The third-order valence-electron chi connectivity index (χ3n) is 2.97. The predicted octanol–water partition coefficient (Wildman–Crippen LogP) is 3.57. The summed E-state index contributed by atoms with van der Waals surface area (Å²) in [7, 11) is 0. The van der Waals surface area contributed by atoms with E-state index in [0.29, 0.717) is 19.0 Å². The van der Waals surface area contributed by atoms with Crippen molar-refractivity contribution >= 4 is 17.9 Å². The minimum atomic E-state index is -1.73. The second kappa shape index (κ2) is 6.95. The van der Waals surface area contributed by atoms with Gasteiger partial charge < -0.3 is 10.1 Å². The van der Waals surface area contributed by atoms with Crippen molar-refractivity contribution in [1.82, 2.24) is 0 Å². The van der Waals surface area contributed by atoms with Crippen molar-refractivity contribution in [2.24, 2.45) is 0 Å². The Bertz CT molecular complexity index is 762. The highest BCUT2D eigenvalue weighted by molar-refractivity contribution is 6.05. The molecule has 120 valence electrons. The first kappa shape index (κ1) is 16.5. The Morgan fingerprint density at radius 1 is 1.17 bits per heavy atom. The van der Waals surface area contributed by atoms with E-state index < -0.39 is 28.9 Å². The number of anilines is 1. The first-order chi connectivity index (χ1) is 11.0. The van der Waals surface area contributed by atoms with Crippen LogP contribution in [0.1, 0.15) is 27.6 Å². The molecule has 2 aromatic rings. The minimum Gasteiger partial charge on any atom is -0.492 e. The van der Waals surface area contributed by atoms with E-state index in [0.717, 1.165) is 6.07 Å². The fourth-order valence-corrected chi connectivity index (χ4v) is 1.89. The number of carbonyl (C=O) groups excluding carboxylic acids is 2. The van der Waals surface area contributed by atoms with Gasteiger partial charge in [-0.3, -0.25) is 9.59 Å². The van der Waals surface area contributed by atoms with Gasteiger partial charge in [0.1, 0.15) is 12.0 Å². The van der Waals surface area contributed by atoms with E-state index >= 15 is 0 Å². The summed E-state index contributed by atoms with van der Waals surface area (Å²) >= 11 is 0. The van der Waals surface area contributed by atoms with Crippen molar-refractivity contribution < 1.29 is 27.5 Å². The number of rotatable bonds is 5. The second-order valence-electron chi connectivity index (χ2n) is 4.48. The van der Waals surface area contributed by atoms with E-state index in [1.54, 1.807) is 6.92 Å². The number of hydrogen-bond acceptors (Lipinski definition) is 3. The number of nitrogens with one attached hydrogen (secondary N) is 1. The fourth-order valence-electron chi connectivity index (χ4n) is 1.89. The Morgan fingerprint density at radius 3 is 2.57 bits per heavy atom. The third kappa shape index (κ3) is 3.50. The topological polar surface area (TPSA) is 55.4 Å². The van der Waals surface area contributed by atoms with E-state index in [-0.39, 0.29) is 17.0 Å². The zero-order valence-electron chi connectivity index (χ0n) is 12.0. The van der Waals surface area contributed by atoms with Gasteiger partial charge in [0.2, 0.25) is 0 Å². The summed E-state index contributed by atoms with van der Waals surface area (Å²) in [6.07, 6.45) is 0.559. The minimum absolute atomic E-state index is 0.116. The van der Waals surface area contributed by atoms with Crippen molar-refractivity contribution in [3.05, 3.63) is 58.9 Å². The molecule has 0 fully saturated rings. The van der Waals surface area contributed by atoms with Crippen LogP contribution in [-0.4, -0.2) is 18.8 Å². The second-order valence-corrected chi connectivity index (χ2v) is 4.48. The monoisotopic (exact) mass is 323 g/mol. The molecule has 1 N–H and O–H groups in total. The highest BCUT2D eigenvalue weighted by Gasteiger charge is 2.20. The molecule has 2 aromatic carbocycles. The SMILES string of the molecule is CCOc1ccc(C=O)cc1NC(=O)c1ccc(F)c(F)c1F. The zero-order valence-corrected chi connectivity index (χ0v) is 12.0. The van der Waals surface area contributed by atoms with Crippen LogP contribution in [0.5, 0.6) is 5.75 Å². The van der Waals surface area contributed by atoms with Crippen LogP contribution in [0.15, 0.2) is 30.3 Å². The number of halogens is 3. The largest absolute Gasteiger partial charge is 0.492 e. The molecule has 0 aromatic heterocycles. The van der Waals surface area contributed by atoms with Crippen molar-refractivity contribution in [2.45, 2.75) is 6.92 Å². The van der Waals surface area contributed by atoms with Crippen LogP contribution < -0.4 is 10.1 Å². The normalized spacial score (nSPS) is 10.3. The van der Waals surface area contributed by atoms with E-state index in [1.807, 2.05) is 0 Å². The lowest BCUT2D eigenvalue weighted by molar-refractivity contribution is 0.102. The molecule has 0 saturated heterocycles. The van der Waals surface area contributed by atoms with E-state index in [4.69, 9.17) is 4.74 Å². The van der Waals surface area contributed by atoms with Gasteiger partial charge in [-0.25, -0.2) is 13.2 Å². The van der Waals surface area contributed by atoms with Crippen LogP contribution in [-0.2, 0) is 0 Å². The number of carbonyl (C=O) groups is 2. The molecule has 0 aliphatic rings. The molecule has 23 heavy (non-hydrogen) atoms. The average molecular weight is 323 g/mol. The molecule has 2 rings (SSSR count). The number of benzene rings is 2. The van der Waals surface area contributed by atoms with Crippen LogP contribution in [0.25, 0.3) is 0 Å². The van der Waals surface area contributed by atoms with Crippen LogP contribution in [0.2, 0.25) is 0 Å². The molecule has 0 atom stereocenters. The van der Waals surface area contributed by atoms with Gasteiger partial charge in [0, 0.05) is 5.56 Å². The zero-order chi connectivity index (χ0) is 17.0. The number of hydrogen-bond donors (Lipinski definition) is 1. The van der Waals surface area contributed by atoms with Crippen LogP contribution in [0.3, 0.4) is 0 Å². The molecule has 7 heteroatoms. The molecule has 1 amide bonds. The molecule has 0 aliphatic heterocycles. The first-order valence-corrected chi connectivity index (χ1v) is 6.64. The summed E-state index contributed by atoms with van der Waals surface area (Å²) in [5.74, 6) is -5.45. The molecular weight excluding hydrogens is 311 g/mol. The summed E-state index contributed by atoms with van der Waals surface area (Å²) in [5, 5.41) is 2.32. The van der Waals surface area contributed by atoms with Gasteiger partial charge in [-0.2, -0.15) is 0 Å². The Labute approximate surface area is 129 Å². The van der Waals surface area contributed by atoms with E-state index in [1.165, 1.54) is 18.2 Å². The average Bonchev–Trinajstić information content (AvgIpc) is 2.54. The van der Waals surface area contributed by atoms with Crippen molar-refractivity contribution in [2.75, 3.05) is 11.9 Å². The maximum absolute atomic E-state index is 13.6. The third-order valence-corrected chi connectivity index (χ3v) is 2.97. The van der Waals surface area contributed by atoms with Crippen molar-refractivity contribution in [1.29, 1.82) is 0 Å². The predicted molar refractivity (Wildman–Crippen MR) is 77.3 cm³/mol. The molecule has 0 radical (unpaired) electrons. The molecule has 0 heterocycles. The van der Waals surface area contributed by atoms with Gasteiger partial charge in [-0.1, -0.05) is 0 Å². The van der Waals surface area contributed by atoms with Gasteiger partial charge in [-0.15, -0.1) is 0 Å². The fraction of sp³-hybridized carbons (Fsp3) is 0.125. The van der Waals surface area contributed by atoms with Gasteiger partial charge in [0.15, 0.2) is 17.5 Å². The van der Waals surface area contributed by atoms with Crippen molar-refractivity contribution in [3.8, 4) is 5.75 Å². The van der Waals surface area contributed by atoms with Crippen LogP contribution in [0, 0.1) is 17.5 Å². The summed E-state index contributed by atoms with van der Waals surface area (Å²) < 4.78 is 45.0. The molecule has 0 bridgehead atoms. The lowest BCUT2D eigenvalue weighted by Crippen LogP contribution is -2.16. The maximum atomic E-state index is 13.6. The van der Waals surface area contributed by atoms with Gasteiger partial charge in [-0.05, 0) is 37.3 Å². The Balaban J connectivity index is 2.36. The van der Waals surface area contributed by atoms with E-state index in [2.05, 4.69) is 5.32 Å². The molecule has 4 nitrogen and oxygen atoms in total. The Kier molecular flexibility index (Phi) is 5.00. The molecular formula is C16H12F3NO3. The molecule has 0 spiro atoms. The van der Waals surface area contributed by atoms with E-state index in [9.17, 15) is 22.8 Å². The smallest absolute Gasteiger partial charge is 0.258 e. The molecule has 0 saturated carbocycles. The standard InChI is InChI=1S/C16H12F3NO3/c1-2-23-13-6-3-9(8-21)7-12(13)20-16(22)10-4-5-11(17)15(19)14(10)18/h3-8H,2H2,1H3,(H,20,22). The Morgan fingerprint density at radius 2 is 1.91 bits per heavy atom. The maximum Gasteiger partial charge on any atom is 0.258 e. The number of amides is 1. The van der Waals surface area contributed by atoms with Crippen molar-refractivity contribution in [3.63, 3.8) is 0 Å². The summed E-state index contributed by atoms with van der Waals surface area (Å²) in [5.41, 5.74) is -0.289.